The first-order chi connectivity index (χ1) is 18.4. The van der Waals surface area contributed by atoms with Crippen molar-refractivity contribution in [1.82, 2.24) is 10.2 Å². The number of carbonyl (C=O) groups excluding carboxylic acids is 2. The molecule has 0 unspecified atom stereocenters. The van der Waals surface area contributed by atoms with Crippen molar-refractivity contribution in [3.63, 3.8) is 0 Å². The summed E-state index contributed by atoms with van der Waals surface area (Å²) in [5, 5.41) is 3.11. The van der Waals surface area contributed by atoms with E-state index < -0.39 is 6.04 Å². The van der Waals surface area contributed by atoms with Gasteiger partial charge in [0.25, 0.3) is 0 Å². The second kappa shape index (κ2) is 14.8. The number of nitrogens with zero attached hydrogens (tertiary/aromatic N) is 1. The summed E-state index contributed by atoms with van der Waals surface area (Å²) in [5.74, 6) is 1.30. The van der Waals surface area contributed by atoms with E-state index in [-0.39, 0.29) is 24.3 Å². The zero-order valence-corrected chi connectivity index (χ0v) is 23.0. The van der Waals surface area contributed by atoms with Crippen molar-refractivity contribution >= 4 is 11.8 Å². The van der Waals surface area contributed by atoms with Crippen LogP contribution in [-0.4, -0.2) is 42.5 Å². The Labute approximate surface area is 227 Å². The van der Waals surface area contributed by atoms with Crippen LogP contribution in [0.4, 0.5) is 0 Å². The molecule has 0 spiro atoms. The normalized spacial score (nSPS) is 12.3. The molecule has 0 saturated heterocycles. The Hall–Kier alpha value is -3.80. The van der Waals surface area contributed by atoms with E-state index in [1.807, 2.05) is 93.6 Å². The van der Waals surface area contributed by atoms with Gasteiger partial charge in [-0.15, -0.1) is 0 Å². The van der Waals surface area contributed by atoms with Gasteiger partial charge in [-0.1, -0.05) is 67.1 Å². The fourth-order valence-corrected chi connectivity index (χ4v) is 4.23. The summed E-state index contributed by atoms with van der Waals surface area (Å²) in [4.78, 5) is 29.0. The summed E-state index contributed by atoms with van der Waals surface area (Å²) in [6.45, 7) is 6.82. The third-order valence-corrected chi connectivity index (χ3v) is 6.57. The highest BCUT2D eigenvalue weighted by Gasteiger charge is 2.30. The van der Waals surface area contributed by atoms with E-state index in [1.165, 1.54) is 0 Å². The second-order valence-corrected chi connectivity index (χ2v) is 9.66. The number of rotatable bonds is 14. The molecule has 1 N–H and O–H groups in total. The van der Waals surface area contributed by atoms with Gasteiger partial charge < -0.3 is 19.7 Å². The van der Waals surface area contributed by atoms with E-state index in [4.69, 9.17) is 9.47 Å². The van der Waals surface area contributed by atoms with E-state index in [0.717, 1.165) is 34.6 Å². The lowest BCUT2D eigenvalue weighted by Gasteiger charge is -2.32. The first-order valence-corrected chi connectivity index (χ1v) is 13.4. The number of ether oxygens (including phenoxy) is 2. The number of hydrogen-bond acceptors (Lipinski definition) is 4. The number of aryl methyl sites for hydroxylation is 1. The maximum absolute atomic E-state index is 13.7. The molecule has 2 atom stereocenters. The molecule has 0 bridgehead atoms. The lowest BCUT2D eigenvalue weighted by molar-refractivity contribution is -0.141. The first kappa shape index (κ1) is 28.8. The zero-order valence-electron chi connectivity index (χ0n) is 23.0. The molecule has 0 aliphatic carbocycles. The van der Waals surface area contributed by atoms with Crippen LogP contribution < -0.4 is 14.8 Å². The van der Waals surface area contributed by atoms with Crippen LogP contribution in [-0.2, 0) is 22.6 Å². The van der Waals surface area contributed by atoms with Gasteiger partial charge in [-0.2, -0.15) is 0 Å². The van der Waals surface area contributed by atoms with Crippen LogP contribution >= 0.6 is 0 Å². The minimum atomic E-state index is -0.623. The molecular formula is C32H40N2O4. The highest BCUT2D eigenvalue weighted by atomic mass is 16.5. The second-order valence-electron chi connectivity index (χ2n) is 9.66. The van der Waals surface area contributed by atoms with Gasteiger partial charge in [-0.25, -0.2) is 0 Å². The van der Waals surface area contributed by atoms with Crippen molar-refractivity contribution in [2.75, 3.05) is 13.7 Å². The van der Waals surface area contributed by atoms with Crippen molar-refractivity contribution < 1.29 is 19.1 Å². The van der Waals surface area contributed by atoms with Crippen molar-refractivity contribution in [1.29, 1.82) is 0 Å². The molecule has 202 valence electrons. The Morgan fingerprint density at radius 3 is 2.26 bits per heavy atom. The molecule has 3 aromatic carbocycles. The number of hydrogen-bond donors (Lipinski definition) is 1. The molecule has 3 aromatic rings. The Balaban J connectivity index is 1.78. The summed E-state index contributed by atoms with van der Waals surface area (Å²) in [7, 11) is 1.62. The Morgan fingerprint density at radius 1 is 0.921 bits per heavy atom. The third kappa shape index (κ3) is 8.94. The van der Waals surface area contributed by atoms with Crippen molar-refractivity contribution in [3.8, 4) is 11.5 Å². The highest BCUT2D eigenvalue weighted by molar-refractivity contribution is 5.88. The van der Waals surface area contributed by atoms with Gasteiger partial charge in [-0.05, 0) is 62.1 Å². The van der Waals surface area contributed by atoms with Crippen LogP contribution in [0.15, 0.2) is 78.9 Å². The van der Waals surface area contributed by atoms with E-state index in [0.29, 0.717) is 26.0 Å². The predicted octanol–water partition coefficient (Wildman–Crippen LogP) is 5.72. The van der Waals surface area contributed by atoms with Crippen molar-refractivity contribution in [3.05, 3.63) is 95.6 Å². The molecular weight excluding hydrogens is 476 g/mol. The third-order valence-electron chi connectivity index (χ3n) is 6.57. The monoisotopic (exact) mass is 516 g/mol. The molecule has 3 rings (SSSR count). The van der Waals surface area contributed by atoms with E-state index in [2.05, 4.69) is 11.4 Å². The van der Waals surface area contributed by atoms with Crippen LogP contribution in [0.3, 0.4) is 0 Å². The Bertz CT molecular complexity index is 1150. The van der Waals surface area contributed by atoms with Crippen LogP contribution in [0.2, 0.25) is 0 Å². The molecule has 6 heteroatoms. The number of methoxy groups -OCH3 is 1. The molecule has 38 heavy (non-hydrogen) atoms. The average Bonchev–Trinajstić information content (AvgIpc) is 2.93. The summed E-state index contributed by atoms with van der Waals surface area (Å²) in [6.07, 6.45) is 2.09. The van der Waals surface area contributed by atoms with Gasteiger partial charge in [0.15, 0.2) is 0 Å². The summed E-state index contributed by atoms with van der Waals surface area (Å²) in [6, 6.07) is 24.7. The Morgan fingerprint density at radius 2 is 1.61 bits per heavy atom. The van der Waals surface area contributed by atoms with E-state index >= 15 is 0 Å². The fourth-order valence-electron chi connectivity index (χ4n) is 4.23. The van der Waals surface area contributed by atoms with Crippen molar-refractivity contribution in [2.45, 2.75) is 65.1 Å². The predicted molar refractivity (Wildman–Crippen MR) is 151 cm³/mol. The number of benzene rings is 3. The number of carbonyl (C=O) groups is 2. The van der Waals surface area contributed by atoms with Crippen LogP contribution in [0.1, 0.15) is 49.8 Å². The summed E-state index contributed by atoms with van der Waals surface area (Å²) < 4.78 is 11.0. The van der Waals surface area contributed by atoms with E-state index in [9.17, 15) is 9.59 Å². The van der Waals surface area contributed by atoms with Gasteiger partial charge in [0.05, 0.1) is 13.7 Å². The van der Waals surface area contributed by atoms with Gasteiger partial charge in [0.1, 0.15) is 17.5 Å². The molecule has 6 nitrogen and oxygen atoms in total. The van der Waals surface area contributed by atoms with Crippen LogP contribution in [0, 0.1) is 6.92 Å². The highest BCUT2D eigenvalue weighted by Crippen LogP contribution is 2.19. The minimum Gasteiger partial charge on any atom is -0.497 e. The molecule has 2 amide bonds. The molecule has 0 heterocycles. The van der Waals surface area contributed by atoms with Gasteiger partial charge in [0, 0.05) is 25.4 Å². The number of amides is 2. The molecule has 0 aliphatic heterocycles. The fraction of sp³-hybridized carbons (Fsp3) is 0.375. The largest absolute Gasteiger partial charge is 0.497 e. The minimum absolute atomic E-state index is 0.0228. The van der Waals surface area contributed by atoms with E-state index in [1.54, 1.807) is 12.0 Å². The quantitative estimate of drug-likeness (QED) is 0.278. The summed E-state index contributed by atoms with van der Waals surface area (Å²) in [5.41, 5.74) is 3.13. The topological polar surface area (TPSA) is 67.9 Å². The molecule has 0 aromatic heterocycles. The van der Waals surface area contributed by atoms with Crippen LogP contribution in [0.25, 0.3) is 0 Å². The van der Waals surface area contributed by atoms with Gasteiger partial charge >= 0.3 is 0 Å². The standard InChI is InChI=1S/C32H40N2O4/c1-5-25(3)33-32(36)30(22-26-12-7-6-8-13-26)34(23-27-14-9-11-24(2)21-27)31(35)15-10-20-38-29-18-16-28(37-4)17-19-29/h6-9,11-14,16-19,21,25,30H,5,10,15,20,22-23H2,1-4H3,(H,33,36)/t25-,30-/m0/s1. The zero-order chi connectivity index (χ0) is 27.3. The SMILES string of the molecule is CC[C@H](C)NC(=O)[C@H](Cc1ccccc1)N(Cc1cccc(C)c1)C(=O)CCCOc1ccc(OC)cc1. The van der Waals surface area contributed by atoms with Crippen LogP contribution in [0.5, 0.6) is 11.5 Å². The molecule has 0 fully saturated rings. The molecule has 0 radical (unpaired) electrons. The summed E-state index contributed by atoms with van der Waals surface area (Å²) >= 11 is 0. The maximum atomic E-state index is 13.7. The molecule has 0 saturated carbocycles. The smallest absolute Gasteiger partial charge is 0.243 e. The lowest BCUT2D eigenvalue weighted by atomic mass is 10.0. The molecule has 0 aliphatic rings. The average molecular weight is 517 g/mol. The van der Waals surface area contributed by atoms with Gasteiger partial charge in [0.2, 0.25) is 11.8 Å². The first-order valence-electron chi connectivity index (χ1n) is 13.4. The van der Waals surface area contributed by atoms with Gasteiger partial charge in [-0.3, -0.25) is 9.59 Å². The maximum Gasteiger partial charge on any atom is 0.243 e. The lowest BCUT2D eigenvalue weighted by Crippen LogP contribution is -2.52. The van der Waals surface area contributed by atoms with Crippen molar-refractivity contribution in [2.24, 2.45) is 0 Å². The Kier molecular flexibility index (Phi) is 11.2. The number of nitrogens with one attached hydrogen (secondary N) is 1.